The van der Waals surface area contributed by atoms with Gasteiger partial charge in [-0.25, -0.2) is 4.79 Å². The number of hydrogen-bond acceptors (Lipinski definition) is 4. The molecule has 0 aromatic heterocycles. The molecule has 1 N–H and O–H groups in total. The van der Waals surface area contributed by atoms with E-state index in [4.69, 9.17) is 11.2 Å². The van der Waals surface area contributed by atoms with E-state index in [-0.39, 0.29) is 24.3 Å². The van der Waals surface area contributed by atoms with Gasteiger partial charge in [0.1, 0.15) is 12.8 Å². The Kier molecular flexibility index (Phi) is 5.25. The third-order valence-corrected chi connectivity index (χ3v) is 4.82. The highest BCUT2D eigenvalue weighted by Gasteiger charge is 2.46. The van der Waals surface area contributed by atoms with Crippen molar-refractivity contribution in [1.82, 2.24) is 9.80 Å². The number of benzene rings is 1. The monoisotopic (exact) mass is 342 g/mol. The molecule has 25 heavy (non-hydrogen) atoms. The van der Waals surface area contributed by atoms with E-state index >= 15 is 0 Å². The van der Waals surface area contributed by atoms with E-state index in [1.54, 1.807) is 0 Å². The van der Waals surface area contributed by atoms with Crippen LogP contribution in [0.1, 0.15) is 18.4 Å². The zero-order valence-corrected chi connectivity index (χ0v) is 14.0. The maximum atomic E-state index is 12.5. The number of rotatable bonds is 4. The van der Waals surface area contributed by atoms with Crippen LogP contribution in [0, 0.1) is 24.2 Å². The van der Waals surface area contributed by atoms with Crippen LogP contribution in [-0.2, 0) is 16.1 Å². The summed E-state index contributed by atoms with van der Waals surface area (Å²) in [5.74, 6) is 1.88. The molecule has 1 aromatic carbocycles. The largest absolute Gasteiger partial charge is 0.445 e. The van der Waals surface area contributed by atoms with Crippen LogP contribution in [0.2, 0.25) is 0 Å². The molecule has 0 saturated carbocycles. The molecule has 2 saturated heterocycles. The van der Waals surface area contributed by atoms with Crippen LogP contribution < -0.4 is 0 Å². The van der Waals surface area contributed by atoms with Crippen LogP contribution in [0.15, 0.2) is 30.3 Å². The van der Waals surface area contributed by atoms with Gasteiger partial charge in [-0.15, -0.1) is 12.3 Å². The lowest BCUT2D eigenvalue weighted by Crippen LogP contribution is -2.61. The number of amides is 2. The Labute approximate surface area is 147 Å². The summed E-state index contributed by atoms with van der Waals surface area (Å²) in [5, 5.41) is 10.4. The molecular weight excluding hydrogens is 320 g/mol. The fraction of sp³-hybridized carbons (Fsp3) is 0.474. The van der Waals surface area contributed by atoms with Crippen LogP contribution >= 0.6 is 0 Å². The number of aliphatic hydroxyl groups is 1. The van der Waals surface area contributed by atoms with E-state index in [0.29, 0.717) is 32.5 Å². The second-order valence-corrected chi connectivity index (χ2v) is 6.54. The van der Waals surface area contributed by atoms with Gasteiger partial charge in [-0.2, -0.15) is 0 Å². The summed E-state index contributed by atoms with van der Waals surface area (Å²) >= 11 is 0. The minimum absolute atomic E-state index is 0.139. The molecule has 2 aliphatic heterocycles. The Bertz CT molecular complexity index is 670. The van der Waals surface area contributed by atoms with Crippen molar-refractivity contribution in [2.75, 3.05) is 19.6 Å². The first kappa shape index (κ1) is 17.3. The maximum absolute atomic E-state index is 12.5. The van der Waals surface area contributed by atoms with Crippen LogP contribution in [0.4, 0.5) is 4.79 Å². The normalized spacial score (nSPS) is 25.4. The number of carbonyl (C=O) groups is 2. The van der Waals surface area contributed by atoms with Crippen molar-refractivity contribution >= 4 is 12.0 Å². The Morgan fingerprint density at radius 2 is 2.08 bits per heavy atom. The van der Waals surface area contributed by atoms with Gasteiger partial charge in [0.05, 0.1) is 5.92 Å². The molecule has 132 valence electrons. The highest BCUT2D eigenvalue weighted by atomic mass is 16.6. The van der Waals surface area contributed by atoms with Crippen molar-refractivity contribution in [3.05, 3.63) is 35.9 Å². The minimum Gasteiger partial charge on any atom is -0.445 e. The number of aliphatic hydroxyl groups excluding tert-OH is 1. The van der Waals surface area contributed by atoms with Gasteiger partial charge in [0.2, 0.25) is 5.91 Å². The third-order valence-electron chi connectivity index (χ3n) is 4.82. The first-order valence-electron chi connectivity index (χ1n) is 8.47. The van der Waals surface area contributed by atoms with E-state index in [0.717, 1.165) is 5.56 Å². The Morgan fingerprint density at radius 1 is 1.32 bits per heavy atom. The van der Waals surface area contributed by atoms with Gasteiger partial charge in [-0.1, -0.05) is 30.3 Å². The molecule has 2 bridgehead atoms. The summed E-state index contributed by atoms with van der Waals surface area (Å²) in [6.07, 6.45) is 4.91. The summed E-state index contributed by atoms with van der Waals surface area (Å²) < 4.78 is 5.35. The Morgan fingerprint density at radius 3 is 2.80 bits per heavy atom. The van der Waals surface area contributed by atoms with Crippen LogP contribution in [-0.4, -0.2) is 52.8 Å². The number of carbonyl (C=O) groups excluding carboxylic acids is 2. The molecule has 0 radical (unpaired) electrons. The van der Waals surface area contributed by atoms with Gasteiger partial charge < -0.3 is 19.6 Å². The fourth-order valence-electron chi connectivity index (χ4n) is 3.54. The molecule has 1 aromatic rings. The van der Waals surface area contributed by atoms with Crippen molar-refractivity contribution in [2.45, 2.75) is 25.7 Å². The number of nitrogens with zero attached hydrogens (tertiary/aromatic N) is 2. The number of hydrogen-bond donors (Lipinski definition) is 1. The van der Waals surface area contributed by atoms with Crippen molar-refractivity contribution < 1.29 is 19.4 Å². The molecule has 0 aliphatic carbocycles. The highest BCUT2D eigenvalue weighted by molar-refractivity contribution is 5.81. The smallest absolute Gasteiger partial charge is 0.410 e. The van der Waals surface area contributed by atoms with Gasteiger partial charge in [-0.3, -0.25) is 4.79 Å². The van der Waals surface area contributed by atoms with Crippen LogP contribution in [0.5, 0.6) is 0 Å². The number of likely N-dealkylation sites (tertiary alicyclic amines) is 2. The van der Waals surface area contributed by atoms with E-state index in [1.165, 1.54) is 9.80 Å². The average Bonchev–Trinajstić information content (AvgIpc) is 2.65. The lowest BCUT2D eigenvalue weighted by atomic mass is 9.82. The molecule has 2 aliphatic rings. The summed E-state index contributed by atoms with van der Waals surface area (Å²) in [4.78, 5) is 27.8. The van der Waals surface area contributed by atoms with Crippen molar-refractivity contribution in [2.24, 2.45) is 11.8 Å². The highest BCUT2D eigenvalue weighted by Crippen LogP contribution is 2.33. The third kappa shape index (κ3) is 3.77. The van der Waals surface area contributed by atoms with Crippen LogP contribution in [0.3, 0.4) is 0 Å². The predicted molar refractivity (Wildman–Crippen MR) is 91.0 cm³/mol. The first-order chi connectivity index (χ1) is 12.1. The Hall–Kier alpha value is -2.52. The summed E-state index contributed by atoms with van der Waals surface area (Å²) in [5.41, 5.74) is 0.907. The zero-order valence-electron chi connectivity index (χ0n) is 14.0. The van der Waals surface area contributed by atoms with Crippen molar-refractivity contribution in [3.63, 3.8) is 0 Å². The molecule has 2 heterocycles. The maximum Gasteiger partial charge on any atom is 0.410 e. The standard InChI is InChI=1S/C19H22N2O4/c1-2-3-9-21-17(22)15-10-16(18(21)23)12-20(11-15)19(24)25-13-14-7-5-4-6-8-14/h1,4-8,15-17,22H,3,9-13H2. The van der Waals surface area contributed by atoms with Crippen molar-refractivity contribution in [1.29, 1.82) is 0 Å². The number of fused-ring (bicyclic) bond motifs is 2. The molecule has 6 heteroatoms. The molecule has 3 atom stereocenters. The first-order valence-corrected chi connectivity index (χ1v) is 8.47. The second-order valence-electron chi connectivity index (χ2n) is 6.54. The van der Waals surface area contributed by atoms with Gasteiger partial charge in [0.25, 0.3) is 0 Å². The van der Waals surface area contributed by atoms with Gasteiger partial charge in [-0.05, 0) is 12.0 Å². The average molecular weight is 342 g/mol. The predicted octanol–water partition coefficient (Wildman–Crippen LogP) is 1.45. The number of ether oxygens (including phenoxy) is 1. The molecule has 0 spiro atoms. The number of terminal acetylenes is 1. The fourth-order valence-corrected chi connectivity index (χ4v) is 3.54. The quantitative estimate of drug-likeness (QED) is 0.841. The minimum atomic E-state index is -0.901. The molecule has 3 rings (SSSR count). The number of piperidine rings is 2. The summed E-state index contributed by atoms with van der Waals surface area (Å²) in [6.45, 7) is 1.24. The topological polar surface area (TPSA) is 70.1 Å². The van der Waals surface area contributed by atoms with E-state index in [1.807, 2.05) is 30.3 Å². The SMILES string of the molecule is C#CCCN1C(=O)C2CC(CN(C(=O)OCc3ccccc3)C2)C1O. The van der Waals surface area contributed by atoms with Gasteiger partial charge in [0.15, 0.2) is 0 Å². The Balaban J connectivity index is 1.60. The summed E-state index contributed by atoms with van der Waals surface area (Å²) in [7, 11) is 0. The lowest BCUT2D eigenvalue weighted by molar-refractivity contribution is -0.167. The molecular formula is C19H22N2O4. The van der Waals surface area contributed by atoms with Gasteiger partial charge in [0, 0.05) is 32.0 Å². The zero-order chi connectivity index (χ0) is 17.8. The molecule has 2 fully saturated rings. The lowest BCUT2D eigenvalue weighted by Gasteiger charge is -2.47. The molecule has 3 unspecified atom stereocenters. The molecule has 2 amide bonds. The summed E-state index contributed by atoms with van der Waals surface area (Å²) in [6, 6.07) is 9.43. The van der Waals surface area contributed by atoms with E-state index < -0.39 is 12.3 Å². The molecule has 6 nitrogen and oxygen atoms in total. The van der Waals surface area contributed by atoms with E-state index in [2.05, 4.69) is 5.92 Å². The van der Waals surface area contributed by atoms with E-state index in [9.17, 15) is 14.7 Å². The van der Waals surface area contributed by atoms with Gasteiger partial charge >= 0.3 is 6.09 Å². The van der Waals surface area contributed by atoms with Crippen molar-refractivity contribution in [3.8, 4) is 12.3 Å². The second kappa shape index (κ2) is 7.58. The van der Waals surface area contributed by atoms with Crippen LogP contribution in [0.25, 0.3) is 0 Å².